The van der Waals surface area contributed by atoms with E-state index >= 15 is 0 Å². The van der Waals surface area contributed by atoms with Crippen molar-refractivity contribution in [1.29, 1.82) is 0 Å². The highest BCUT2D eigenvalue weighted by Crippen LogP contribution is 2.06. The van der Waals surface area contributed by atoms with Crippen LogP contribution in [0, 0.1) is 0 Å². The van der Waals surface area contributed by atoms with Crippen molar-refractivity contribution in [3.63, 3.8) is 0 Å². The number of hydrogen-bond acceptors (Lipinski definition) is 3. The third-order valence-corrected chi connectivity index (χ3v) is 2.81. The molecular formula is C11H20N4O. The first-order valence-electron chi connectivity index (χ1n) is 5.59. The summed E-state index contributed by atoms with van der Waals surface area (Å²) in [6.45, 7) is 5.31. The molecule has 1 atom stereocenters. The molecule has 1 aromatic heterocycles. The van der Waals surface area contributed by atoms with Crippen LogP contribution < -0.4 is 5.73 Å². The summed E-state index contributed by atoms with van der Waals surface area (Å²) in [6, 6.07) is 0.229. The zero-order valence-electron chi connectivity index (χ0n) is 10.2. The largest absolute Gasteiger partial charge is 0.338 e. The normalized spacial score (nSPS) is 12.5. The number of nitrogens with zero attached hydrogens (tertiary/aromatic N) is 3. The van der Waals surface area contributed by atoms with Crippen LogP contribution in [0.5, 0.6) is 0 Å². The highest BCUT2D eigenvalue weighted by Gasteiger charge is 2.18. The molecule has 0 aliphatic rings. The average molecular weight is 224 g/mol. The SMILES string of the molecule is CCC(C)N(C)C(=O)c1cn(CCN)cn1. The van der Waals surface area contributed by atoms with Crippen molar-refractivity contribution in [3.8, 4) is 0 Å². The molecule has 90 valence electrons. The average Bonchev–Trinajstić information content (AvgIpc) is 2.75. The quantitative estimate of drug-likeness (QED) is 0.801. The van der Waals surface area contributed by atoms with E-state index in [1.165, 1.54) is 0 Å². The minimum atomic E-state index is -0.0369. The molecule has 5 nitrogen and oxygen atoms in total. The molecule has 1 aromatic rings. The number of nitrogens with two attached hydrogens (primary N) is 1. The van der Waals surface area contributed by atoms with Crippen molar-refractivity contribution in [1.82, 2.24) is 14.5 Å². The maximum atomic E-state index is 12.0. The Morgan fingerprint density at radius 1 is 1.69 bits per heavy atom. The second kappa shape index (κ2) is 5.65. The van der Waals surface area contributed by atoms with Gasteiger partial charge in [0.1, 0.15) is 5.69 Å². The molecule has 0 aliphatic carbocycles. The number of carbonyl (C=O) groups is 1. The summed E-state index contributed by atoms with van der Waals surface area (Å²) in [4.78, 5) is 17.8. The first-order valence-corrected chi connectivity index (χ1v) is 5.59. The molecule has 5 heteroatoms. The maximum Gasteiger partial charge on any atom is 0.274 e. The molecule has 1 heterocycles. The van der Waals surface area contributed by atoms with Crippen molar-refractivity contribution >= 4 is 5.91 Å². The lowest BCUT2D eigenvalue weighted by Crippen LogP contribution is -2.34. The molecule has 1 amide bonds. The van der Waals surface area contributed by atoms with Gasteiger partial charge < -0.3 is 15.2 Å². The summed E-state index contributed by atoms with van der Waals surface area (Å²) in [5.74, 6) is -0.0369. The van der Waals surface area contributed by atoms with Crippen molar-refractivity contribution in [2.75, 3.05) is 13.6 Å². The fourth-order valence-electron chi connectivity index (χ4n) is 1.40. The molecular weight excluding hydrogens is 204 g/mol. The lowest BCUT2D eigenvalue weighted by Gasteiger charge is -2.22. The van der Waals surface area contributed by atoms with Crippen LogP contribution in [0.25, 0.3) is 0 Å². The van der Waals surface area contributed by atoms with Gasteiger partial charge in [-0.25, -0.2) is 4.98 Å². The molecule has 0 aliphatic heterocycles. The van der Waals surface area contributed by atoms with Crippen molar-refractivity contribution in [2.45, 2.75) is 32.9 Å². The van der Waals surface area contributed by atoms with Crippen LogP contribution in [0.1, 0.15) is 30.8 Å². The zero-order valence-corrected chi connectivity index (χ0v) is 10.2. The van der Waals surface area contributed by atoms with Crippen LogP contribution in [0.2, 0.25) is 0 Å². The Morgan fingerprint density at radius 3 is 2.94 bits per heavy atom. The van der Waals surface area contributed by atoms with Gasteiger partial charge in [0.25, 0.3) is 5.91 Å². The van der Waals surface area contributed by atoms with E-state index in [0.29, 0.717) is 18.8 Å². The van der Waals surface area contributed by atoms with Gasteiger partial charge in [-0.2, -0.15) is 0 Å². The summed E-state index contributed by atoms with van der Waals surface area (Å²) in [7, 11) is 1.80. The summed E-state index contributed by atoms with van der Waals surface area (Å²) in [5, 5.41) is 0. The number of amides is 1. The number of imidazole rings is 1. The second-order valence-corrected chi connectivity index (χ2v) is 3.96. The molecule has 0 saturated heterocycles. The van der Waals surface area contributed by atoms with Crippen molar-refractivity contribution in [2.24, 2.45) is 5.73 Å². The third kappa shape index (κ3) is 2.82. The molecule has 16 heavy (non-hydrogen) atoms. The highest BCUT2D eigenvalue weighted by molar-refractivity contribution is 5.92. The predicted molar refractivity (Wildman–Crippen MR) is 63.1 cm³/mol. The minimum Gasteiger partial charge on any atom is -0.338 e. The van der Waals surface area contributed by atoms with E-state index in [1.807, 2.05) is 11.5 Å². The summed E-state index contributed by atoms with van der Waals surface area (Å²) in [5.41, 5.74) is 5.91. The lowest BCUT2D eigenvalue weighted by atomic mass is 10.2. The van der Waals surface area contributed by atoms with E-state index in [-0.39, 0.29) is 11.9 Å². The van der Waals surface area contributed by atoms with Crippen LogP contribution in [0.15, 0.2) is 12.5 Å². The van der Waals surface area contributed by atoms with Gasteiger partial charge in [-0.05, 0) is 13.3 Å². The third-order valence-electron chi connectivity index (χ3n) is 2.81. The Morgan fingerprint density at radius 2 is 2.38 bits per heavy atom. The molecule has 0 spiro atoms. The van der Waals surface area contributed by atoms with E-state index in [0.717, 1.165) is 6.42 Å². The smallest absolute Gasteiger partial charge is 0.274 e. The molecule has 2 N–H and O–H groups in total. The van der Waals surface area contributed by atoms with Crippen molar-refractivity contribution in [3.05, 3.63) is 18.2 Å². The number of aromatic nitrogens is 2. The standard InChI is InChI=1S/C11H20N4O/c1-4-9(2)14(3)11(16)10-7-15(6-5-12)8-13-10/h7-9H,4-6,12H2,1-3H3. The number of carbonyl (C=O) groups excluding carboxylic acids is 1. The fraction of sp³-hybridized carbons (Fsp3) is 0.636. The Bertz CT molecular complexity index is 348. The lowest BCUT2D eigenvalue weighted by molar-refractivity contribution is 0.0735. The van der Waals surface area contributed by atoms with E-state index in [9.17, 15) is 4.79 Å². The summed E-state index contributed by atoms with van der Waals surface area (Å²) >= 11 is 0. The van der Waals surface area contributed by atoms with Gasteiger partial charge in [0.05, 0.1) is 6.33 Å². The second-order valence-electron chi connectivity index (χ2n) is 3.96. The van der Waals surface area contributed by atoms with Gasteiger partial charge in [-0.1, -0.05) is 6.92 Å². The van der Waals surface area contributed by atoms with Crippen LogP contribution in [-0.4, -0.2) is 40.0 Å². The zero-order chi connectivity index (χ0) is 12.1. The summed E-state index contributed by atoms with van der Waals surface area (Å²) in [6.07, 6.45) is 4.32. The fourth-order valence-corrected chi connectivity index (χ4v) is 1.40. The number of rotatable bonds is 5. The van der Waals surface area contributed by atoms with Gasteiger partial charge in [0.2, 0.25) is 0 Å². The molecule has 0 radical (unpaired) electrons. The van der Waals surface area contributed by atoms with E-state index in [1.54, 1.807) is 24.5 Å². The predicted octanol–water partition coefficient (Wildman–Crippen LogP) is 0.712. The van der Waals surface area contributed by atoms with Crippen molar-refractivity contribution < 1.29 is 4.79 Å². The number of hydrogen-bond donors (Lipinski definition) is 1. The van der Waals surface area contributed by atoms with Crippen LogP contribution in [0.3, 0.4) is 0 Å². The molecule has 0 fully saturated rings. The van der Waals surface area contributed by atoms with Gasteiger partial charge in [-0.15, -0.1) is 0 Å². The Kier molecular flexibility index (Phi) is 4.49. The highest BCUT2D eigenvalue weighted by atomic mass is 16.2. The minimum absolute atomic E-state index is 0.0369. The van der Waals surface area contributed by atoms with E-state index in [2.05, 4.69) is 11.9 Å². The molecule has 0 bridgehead atoms. The van der Waals surface area contributed by atoms with E-state index in [4.69, 9.17) is 5.73 Å². The summed E-state index contributed by atoms with van der Waals surface area (Å²) < 4.78 is 1.83. The molecule has 1 rings (SSSR count). The van der Waals surface area contributed by atoms with Gasteiger partial charge in [0, 0.05) is 32.4 Å². The van der Waals surface area contributed by atoms with Gasteiger partial charge in [0.15, 0.2) is 0 Å². The maximum absolute atomic E-state index is 12.0. The Balaban J connectivity index is 2.72. The molecule has 0 aromatic carbocycles. The van der Waals surface area contributed by atoms with Gasteiger partial charge >= 0.3 is 0 Å². The first-order chi connectivity index (χ1) is 7.60. The van der Waals surface area contributed by atoms with Crippen LogP contribution >= 0.6 is 0 Å². The van der Waals surface area contributed by atoms with Crippen LogP contribution in [-0.2, 0) is 6.54 Å². The van der Waals surface area contributed by atoms with E-state index < -0.39 is 0 Å². The Labute approximate surface area is 96.3 Å². The molecule has 1 unspecified atom stereocenters. The first kappa shape index (κ1) is 12.7. The topological polar surface area (TPSA) is 64.2 Å². The van der Waals surface area contributed by atoms with Crippen LogP contribution in [0.4, 0.5) is 0 Å². The van der Waals surface area contributed by atoms with Gasteiger partial charge in [-0.3, -0.25) is 4.79 Å². The monoisotopic (exact) mass is 224 g/mol. The molecule has 0 saturated carbocycles. The Hall–Kier alpha value is -1.36.